The number of anilines is 1. The minimum Gasteiger partial charge on any atom is -0.468 e. The maximum absolute atomic E-state index is 12.4. The lowest BCUT2D eigenvalue weighted by Crippen LogP contribution is -2.19. The second-order valence-corrected chi connectivity index (χ2v) is 7.23. The van der Waals surface area contributed by atoms with Crippen molar-refractivity contribution >= 4 is 22.2 Å². The van der Waals surface area contributed by atoms with E-state index in [0.717, 1.165) is 48.7 Å². The molecule has 142 valence electrons. The van der Waals surface area contributed by atoms with Crippen molar-refractivity contribution in [1.82, 2.24) is 4.98 Å². The third-order valence-corrected chi connectivity index (χ3v) is 5.35. The molecule has 0 saturated heterocycles. The van der Waals surface area contributed by atoms with Crippen LogP contribution in [0.4, 0.5) is 18.2 Å². The van der Waals surface area contributed by atoms with E-state index in [-0.39, 0.29) is 11.4 Å². The number of halogens is 3. The van der Waals surface area contributed by atoms with Crippen LogP contribution in [0.1, 0.15) is 45.6 Å². The van der Waals surface area contributed by atoms with E-state index >= 15 is 0 Å². The number of alkyl halides is 3. The zero-order chi connectivity index (χ0) is 19.4. The van der Waals surface area contributed by atoms with E-state index in [4.69, 9.17) is 0 Å². The van der Waals surface area contributed by atoms with Gasteiger partial charge in [0.2, 0.25) is 5.88 Å². The van der Waals surface area contributed by atoms with Crippen LogP contribution in [0.2, 0.25) is 0 Å². The van der Waals surface area contributed by atoms with E-state index in [1.165, 1.54) is 23.5 Å². The second-order valence-electron chi connectivity index (χ2n) is 6.12. The molecule has 2 aromatic heterocycles. The quantitative estimate of drug-likeness (QED) is 0.775. The van der Waals surface area contributed by atoms with Gasteiger partial charge < -0.3 is 10.1 Å². The highest BCUT2D eigenvalue weighted by molar-refractivity contribution is 7.16. The highest BCUT2D eigenvalue weighted by Crippen LogP contribution is 2.37. The van der Waals surface area contributed by atoms with Gasteiger partial charge in [0.15, 0.2) is 6.61 Å². The van der Waals surface area contributed by atoms with Crippen LogP contribution in [0.25, 0.3) is 0 Å². The molecule has 0 aromatic carbocycles. The molecular weight excluding hydrogens is 379 g/mol. The van der Waals surface area contributed by atoms with Crippen LogP contribution in [0.5, 0.6) is 5.88 Å². The van der Waals surface area contributed by atoms with Crippen LogP contribution in [-0.2, 0) is 12.8 Å². The van der Waals surface area contributed by atoms with E-state index < -0.39 is 18.7 Å². The van der Waals surface area contributed by atoms with Crippen molar-refractivity contribution in [2.24, 2.45) is 0 Å². The monoisotopic (exact) mass is 395 g/mol. The first kappa shape index (κ1) is 19.2. The van der Waals surface area contributed by atoms with Gasteiger partial charge in [0.25, 0.3) is 5.91 Å². The zero-order valence-electron chi connectivity index (χ0n) is 14.2. The van der Waals surface area contributed by atoms with Gasteiger partial charge in [-0.25, -0.2) is 4.98 Å². The number of carbonyl (C=O) groups is 1. The third kappa shape index (κ3) is 4.77. The molecule has 27 heavy (non-hydrogen) atoms. The number of hydrogen-bond acceptors (Lipinski definition) is 5. The summed E-state index contributed by atoms with van der Waals surface area (Å²) in [5.74, 6) is -0.692. The van der Waals surface area contributed by atoms with Crippen LogP contribution in [0.15, 0.2) is 18.3 Å². The number of ether oxygens (including phenoxy) is 1. The van der Waals surface area contributed by atoms with E-state index in [1.54, 1.807) is 0 Å². The number of rotatable bonds is 4. The van der Waals surface area contributed by atoms with Gasteiger partial charge in [-0.3, -0.25) is 4.79 Å². The number of nitrogens with zero attached hydrogens (tertiary/aromatic N) is 2. The Bertz CT molecular complexity index is 870. The summed E-state index contributed by atoms with van der Waals surface area (Å²) in [7, 11) is 0. The molecule has 0 aliphatic heterocycles. The number of amides is 1. The summed E-state index contributed by atoms with van der Waals surface area (Å²) in [6.07, 6.45) is 1.63. The summed E-state index contributed by atoms with van der Waals surface area (Å²) in [6, 6.07) is 4.72. The highest BCUT2D eigenvalue weighted by atomic mass is 32.1. The number of aryl methyl sites for hydroxylation is 1. The average molecular weight is 395 g/mol. The van der Waals surface area contributed by atoms with Crippen molar-refractivity contribution in [3.8, 4) is 11.9 Å². The number of thiophene rings is 1. The third-order valence-electron chi connectivity index (χ3n) is 4.14. The van der Waals surface area contributed by atoms with Gasteiger partial charge in [-0.2, -0.15) is 18.4 Å². The van der Waals surface area contributed by atoms with Gasteiger partial charge >= 0.3 is 6.18 Å². The smallest absolute Gasteiger partial charge is 0.422 e. The van der Waals surface area contributed by atoms with Gasteiger partial charge in [0.1, 0.15) is 11.1 Å². The molecular formula is C18H16F3N3O2S. The van der Waals surface area contributed by atoms with Crippen molar-refractivity contribution in [2.75, 3.05) is 11.9 Å². The molecule has 0 unspecified atom stereocenters. The molecule has 0 atom stereocenters. The summed E-state index contributed by atoms with van der Waals surface area (Å²) < 4.78 is 40.9. The fraction of sp³-hybridized carbons (Fsp3) is 0.389. The molecule has 2 heterocycles. The molecule has 0 fully saturated rings. The summed E-state index contributed by atoms with van der Waals surface area (Å²) in [5.41, 5.74) is 1.69. The zero-order valence-corrected chi connectivity index (χ0v) is 15.0. The Kier molecular flexibility index (Phi) is 5.65. The van der Waals surface area contributed by atoms with Crippen molar-refractivity contribution in [3.05, 3.63) is 39.9 Å². The highest BCUT2D eigenvalue weighted by Gasteiger charge is 2.28. The predicted molar refractivity (Wildman–Crippen MR) is 94.0 cm³/mol. The number of nitrogens with one attached hydrogen (secondary N) is 1. The summed E-state index contributed by atoms with van der Waals surface area (Å²) >= 11 is 1.41. The molecule has 9 heteroatoms. The minimum atomic E-state index is -4.46. The fourth-order valence-corrected chi connectivity index (χ4v) is 4.11. The number of nitriles is 1. The Balaban J connectivity index is 1.71. The molecule has 1 amide bonds. The van der Waals surface area contributed by atoms with Gasteiger partial charge in [0, 0.05) is 17.1 Å². The fourth-order valence-electron chi connectivity index (χ4n) is 2.88. The minimum absolute atomic E-state index is 0.168. The Morgan fingerprint density at radius 1 is 1.30 bits per heavy atom. The molecule has 5 nitrogen and oxygen atoms in total. The molecule has 0 bridgehead atoms. The van der Waals surface area contributed by atoms with Crippen LogP contribution < -0.4 is 10.1 Å². The van der Waals surface area contributed by atoms with Crippen LogP contribution in [-0.4, -0.2) is 23.7 Å². The number of aromatic nitrogens is 1. The molecule has 0 spiro atoms. The SMILES string of the molecule is N#Cc1c(NC(=O)c2ccc(OCC(F)(F)F)nc2)sc2c1CCCCC2. The lowest BCUT2D eigenvalue weighted by molar-refractivity contribution is -0.154. The molecule has 0 saturated carbocycles. The van der Waals surface area contributed by atoms with Gasteiger partial charge in [-0.15, -0.1) is 11.3 Å². The van der Waals surface area contributed by atoms with Crippen molar-refractivity contribution in [1.29, 1.82) is 5.26 Å². The topological polar surface area (TPSA) is 75.0 Å². The maximum atomic E-state index is 12.4. The van der Waals surface area contributed by atoms with Crippen molar-refractivity contribution < 1.29 is 22.7 Å². The van der Waals surface area contributed by atoms with Gasteiger partial charge in [-0.05, 0) is 37.3 Å². The Morgan fingerprint density at radius 2 is 2.07 bits per heavy atom. The molecule has 1 aliphatic rings. The molecule has 2 aromatic rings. The molecule has 0 radical (unpaired) electrons. The van der Waals surface area contributed by atoms with E-state index in [0.29, 0.717) is 10.6 Å². The van der Waals surface area contributed by atoms with Gasteiger partial charge in [-0.1, -0.05) is 6.42 Å². The first-order valence-corrected chi connectivity index (χ1v) is 9.20. The molecule has 3 rings (SSSR count). The van der Waals surface area contributed by atoms with Crippen molar-refractivity contribution in [2.45, 2.75) is 38.3 Å². The van der Waals surface area contributed by atoms with Crippen LogP contribution in [0, 0.1) is 11.3 Å². The Morgan fingerprint density at radius 3 is 2.74 bits per heavy atom. The largest absolute Gasteiger partial charge is 0.468 e. The standard InChI is InChI=1S/C18H16F3N3O2S/c19-18(20,21)10-26-15-7-6-11(9-23-15)16(25)24-17-13(8-22)12-4-2-1-3-5-14(12)27-17/h6-7,9H,1-5,10H2,(H,24,25). The Labute approximate surface area is 157 Å². The lowest BCUT2D eigenvalue weighted by atomic mass is 10.1. The van der Waals surface area contributed by atoms with Crippen LogP contribution >= 0.6 is 11.3 Å². The number of carbonyl (C=O) groups excluding carboxylic acids is 1. The van der Waals surface area contributed by atoms with E-state index in [9.17, 15) is 23.2 Å². The first-order chi connectivity index (χ1) is 12.9. The normalized spacial score (nSPS) is 14.0. The van der Waals surface area contributed by atoms with Crippen molar-refractivity contribution in [3.63, 3.8) is 0 Å². The summed E-state index contributed by atoms with van der Waals surface area (Å²) in [6.45, 7) is -1.45. The Hall–Kier alpha value is -2.60. The predicted octanol–water partition coefficient (Wildman–Crippen LogP) is 4.48. The number of pyridine rings is 1. The second kappa shape index (κ2) is 7.96. The summed E-state index contributed by atoms with van der Waals surface area (Å²) in [4.78, 5) is 17.3. The lowest BCUT2D eigenvalue weighted by Gasteiger charge is -2.08. The molecule has 1 N–H and O–H groups in total. The van der Waals surface area contributed by atoms with E-state index in [2.05, 4.69) is 21.1 Å². The van der Waals surface area contributed by atoms with E-state index in [1.807, 2.05) is 0 Å². The molecule has 1 aliphatic carbocycles. The van der Waals surface area contributed by atoms with Gasteiger partial charge in [0.05, 0.1) is 11.1 Å². The number of fused-ring (bicyclic) bond motifs is 1. The summed E-state index contributed by atoms with van der Waals surface area (Å²) in [5, 5.41) is 12.7. The average Bonchev–Trinajstić information content (AvgIpc) is 2.79. The number of hydrogen-bond donors (Lipinski definition) is 1. The maximum Gasteiger partial charge on any atom is 0.422 e. The first-order valence-electron chi connectivity index (χ1n) is 8.39. The van der Waals surface area contributed by atoms with Crippen LogP contribution in [0.3, 0.4) is 0 Å².